The van der Waals surface area contributed by atoms with Crippen molar-refractivity contribution in [1.29, 1.82) is 0 Å². The largest absolute Gasteiger partial charge is 0.491 e. The second-order valence-electron chi connectivity index (χ2n) is 5.51. The topological polar surface area (TPSA) is 76.7 Å². The monoisotopic (exact) mass is 352 g/mol. The van der Waals surface area contributed by atoms with E-state index in [1.54, 1.807) is 31.2 Å². The number of rotatable bonds is 6. The quantitative estimate of drug-likeness (QED) is 0.609. The van der Waals surface area contributed by atoms with E-state index >= 15 is 0 Å². The molecule has 2 N–H and O–H groups in total. The Kier molecular flexibility index (Phi) is 6.09. The van der Waals surface area contributed by atoms with Gasteiger partial charge in [0.15, 0.2) is 0 Å². The molecule has 1 aliphatic rings. The summed E-state index contributed by atoms with van der Waals surface area (Å²) in [6.45, 7) is 5.84. The zero-order valence-electron chi connectivity index (χ0n) is 13.9. The van der Waals surface area contributed by atoms with Crippen molar-refractivity contribution in [2.24, 2.45) is 0 Å². The molecule has 0 saturated heterocycles. The van der Waals surface area contributed by atoms with Gasteiger partial charge in [0.2, 0.25) is 0 Å². The fraction of sp³-hybridized carbons (Fsp3) is 0.412. The molecule has 0 radical (unpaired) electrons. The number of esters is 1. The van der Waals surface area contributed by atoms with Gasteiger partial charge >= 0.3 is 12.0 Å². The summed E-state index contributed by atoms with van der Waals surface area (Å²) in [7, 11) is 0. The standard InChI is InChI=1S/C17H21ClN2O4/c1-4-23-16(21)14-13(9-18)19-17(22)20-15(14)11-5-7-12(8-6-11)24-10(2)3/h5-8,10,15H,4,9H2,1-3H3,(H2,19,20,22)/t15-/m1/s1. The van der Waals surface area contributed by atoms with Gasteiger partial charge in [0, 0.05) is 5.70 Å². The first kappa shape index (κ1) is 18.1. The van der Waals surface area contributed by atoms with E-state index in [1.807, 2.05) is 13.8 Å². The van der Waals surface area contributed by atoms with E-state index in [4.69, 9.17) is 21.1 Å². The third-order valence-corrected chi connectivity index (χ3v) is 3.64. The van der Waals surface area contributed by atoms with E-state index in [2.05, 4.69) is 10.6 Å². The van der Waals surface area contributed by atoms with Crippen LogP contribution in [0.3, 0.4) is 0 Å². The highest BCUT2D eigenvalue weighted by molar-refractivity contribution is 6.20. The molecule has 0 aromatic heterocycles. The summed E-state index contributed by atoms with van der Waals surface area (Å²) in [4.78, 5) is 24.2. The smallest absolute Gasteiger partial charge is 0.338 e. The van der Waals surface area contributed by atoms with Crippen LogP contribution in [0.1, 0.15) is 32.4 Å². The second-order valence-corrected chi connectivity index (χ2v) is 5.78. The molecule has 1 heterocycles. The number of alkyl halides is 1. The highest BCUT2D eigenvalue weighted by Gasteiger charge is 2.33. The normalized spacial score (nSPS) is 17.4. The van der Waals surface area contributed by atoms with Gasteiger partial charge in [0.1, 0.15) is 5.75 Å². The molecule has 1 aromatic carbocycles. The lowest BCUT2D eigenvalue weighted by molar-refractivity contribution is -0.139. The van der Waals surface area contributed by atoms with E-state index in [1.165, 1.54) is 0 Å². The molecule has 0 bridgehead atoms. The summed E-state index contributed by atoms with van der Waals surface area (Å²) in [5.41, 5.74) is 1.40. The Hall–Kier alpha value is -2.21. The van der Waals surface area contributed by atoms with Gasteiger partial charge in [-0.15, -0.1) is 11.6 Å². The molecule has 6 nitrogen and oxygen atoms in total. The summed E-state index contributed by atoms with van der Waals surface area (Å²) in [6.07, 6.45) is 0.0623. The zero-order chi connectivity index (χ0) is 17.7. The molecular weight excluding hydrogens is 332 g/mol. The molecule has 1 atom stereocenters. The van der Waals surface area contributed by atoms with Crippen LogP contribution in [0.15, 0.2) is 35.5 Å². The van der Waals surface area contributed by atoms with Crippen molar-refractivity contribution in [2.75, 3.05) is 12.5 Å². The molecule has 130 valence electrons. The molecule has 0 saturated carbocycles. The third kappa shape index (κ3) is 4.20. The zero-order valence-corrected chi connectivity index (χ0v) is 14.6. The van der Waals surface area contributed by atoms with Gasteiger partial charge < -0.3 is 20.1 Å². The first-order valence-corrected chi connectivity index (χ1v) is 8.30. The fourth-order valence-electron chi connectivity index (χ4n) is 2.43. The number of carbonyl (C=O) groups is 2. The van der Waals surface area contributed by atoms with Crippen LogP contribution in [-0.4, -0.2) is 30.6 Å². The van der Waals surface area contributed by atoms with Crippen LogP contribution in [0, 0.1) is 0 Å². The molecule has 0 fully saturated rings. The lowest BCUT2D eigenvalue weighted by Crippen LogP contribution is -2.46. The molecule has 24 heavy (non-hydrogen) atoms. The fourth-order valence-corrected chi connectivity index (χ4v) is 2.65. The summed E-state index contributed by atoms with van der Waals surface area (Å²) < 4.78 is 10.7. The summed E-state index contributed by atoms with van der Waals surface area (Å²) >= 11 is 5.89. The molecule has 0 spiro atoms. The molecule has 0 unspecified atom stereocenters. The number of halogens is 1. The van der Waals surface area contributed by atoms with Gasteiger partial charge in [-0.3, -0.25) is 0 Å². The Bertz CT molecular complexity index is 640. The lowest BCUT2D eigenvalue weighted by Gasteiger charge is -2.28. The van der Waals surface area contributed by atoms with E-state index in [0.29, 0.717) is 17.0 Å². The Morgan fingerprint density at radius 3 is 2.50 bits per heavy atom. The lowest BCUT2D eigenvalue weighted by atomic mass is 9.95. The minimum atomic E-state index is -0.625. The number of carbonyl (C=O) groups excluding carboxylic acids is 2. The Morgan fingerprint density at radius 1 is 1.29 bits per heavy atom. The predicted octanol–water partition coefficient (Wildman–Crippen LogP) is 2.88. The molecule has 2 amide bonds. The summed E-state index contributed by atoms with van der Waals surface area (Å²) in [5.74, 6) is 0.216. The number of allylic oxidation sites excluding steroid dienone is 1. The van der Waals surface area contributed by atoms with Gasteiger partial charge in [-0.05, 0) is 38.5 Å². The second kappa shape index (κ2) is 8.06. The van der Waals surface area contributed by atoms with Gasteiger partial charge in [-0.2, -0.15) is 0 Å². The van der Waals surface area contributed by atoms with Crippen molar-refractivity contribution in [3.05, 3.63) is 41.1 Å². The highest BCUT2D eigenvalue weighted by atomic mass is 35.5. The number of benzene rings is 1. The Morgan fingerprint density at radius 2 is 1.96 bits per heavy atom. The maximum absolute atomic E-state index is 12.3. The maximum Gasteiger partial charge on any atom is 0.338 e. The maximum atomic E-state index is 12.3. The third-order valence-electron chi connectivity index (χ3n) is 3.37. The molecule has 7 heteroatoms. The van der Waals surface area contributed by atoms with Gasteiger partial charge in [-0.25, -0.2) is 9.59 Å². The van der Waals surface area contributed by atoms with Gasteiger partial charge in [-0.1, -0.05) is 12.1 Å². The first-order chi connectivity index (χ1) is 11.5. The van der Waals surface area contributed by atoms with Crippen LogP contribution in [0.25, 0.3) is 0 Å². The molecular formula is C17H21ClN2O4. The number of nitrogens with one attached hydrogen (secondary N) is 2. The van der Waals surface area contributed by atoms with Crippen molar-refractivity contribution >= 4 is 23.6 Å². The molecule has 1 aromatic rings. The first-order valence-electron chi connectivity index (χ1n) is 7.76. The number of hydrogen-bond acceptors (Lipinski definition) is 4. The SMILES string of the molecule is CCOC(=O)C1=C(CCl)NC(=O)N[C@@H]1c1ccc(OC(C)C)cc1. The van der Waals surface area contributed by atoms with E-state index in [-0.39, 0.29) is 18.6 Å². The summed E-state index contributed by atoms with van der Waals surface area (Å²) in [6, 6.07) is 6.17. The summed E-state index contributed by atoms with van der Waals surface area (Å²) in [5, 5.41) is 5.30. The number of ether oxygens (including phenoxy) is 2. The van der Waals surface area contributed by atoms with E-state index < -0.39 is 18.0 Å². The number of amides is 2. The Balaban J connectivity index is 2.37. The van der Waals surface area contributed by atoms with Gasteiger partial charge in [0.05, 0.1) is 30.2 Å². The minimum Gasteiger partial charge on any atom is -0.491 e. The van der Waals surface area contributed by atoms with Crippen molar-refractivity contribution in [3.8, 4) is 5.75 Å². The molecule has 2 rings (SSSR count). The molecule has 1 aliphatic heterocycles. The van der Waals surface area contributed by atoms with Crippen LogP contribution >= 0.6 is 11.6 Å². The van der Waals surface area contributed by atoms with Crippen molar-refractivity contribution in [2.45, 2.75) is 32.9 Å². The van der Waals surface area contributed by atoms with Gasteiger partial charge in [0.25, 0.3) is 0 Å². The van der Waals surface area contributed by atoms with Crippen molar-refractivity contribution < 1.29 is 19.1 Å². The molecule has 0 aliphatic carbocycles. The van der Waals surface area contributed by atoms with E-state index in [0.717, 1.165) is 5.56 Å². The van der Waals surface area contributed by atoms with Crippen molar-refractivity contribution in [3.63, 3.8) is 0 Å². The Labute approximate surface area is 146 Å². The predicted molar refractivity (Wildman–Crippen MR) is 91.0 cm³/mol. The number of urea groups is 1. The average molecular weight is 353 g/mol. The number of hydrogen-bond donors (Lipinski definition) is 2. The minimum absolute atomic E-state index is 0.00656. The highest BCUT2D eigenvalue weighted by Crippen LogP contribution is 2.29. The van der Waals surface area contributed by atoms with Crippen LogP contribution in [0.2, 0.25) is 0 Å². The van der Waals surface area contributed by atoms with Crippen LogP contribution in [0.5, 0.6) is 5.75 Å². The van der Waals surface area contributed by atoms with Crippen LogP contribution in [-0.2, 0) is 9.53 Å². The van der Waals surface area contributed by atoms with Crippen molar-refractivity contribution in [1.82, 2.24) is 10.6 Å². The van der Waals surface area contributed by atoms with Crippen LogP contribution in [0.4, 0.5) is 4.79 Å². The van der Waals surface area contributed by atoms with Crippen LogP contribution < -0.4 is 15.4 Å². The van der Waals surface area contributed by atoms with E-state index in [9.17, 15) is 9.59 Å². The average Bonchev–Trinajstić information content (AvgIpc) is 2.54.